The molecule has 0 N–H and O–H groups in total. The number of anilines is 3. The minimum Gasteiger partial charge on any atom is -0.456 e. The molecule has 0 aliphatic heterocycles. The van der Waals surface area contributed by atoms with E-state index in [1.165, 1.54) is 0 Å². The third-order valence-electron chi connectivity index (χ3n) is 9.11. The van der Waals surface area contributed by atoms with Gasteiger partial charge >= 0.3 is 0 Å². The summed E-state index contributed by atoms with van der Waals surface area (Å²) < 4.78 is 19.0. The van der Waals surface area contributed by atoms with Gasteiger partial charge in [-0.15, -0.1) is 0 Å². The van der Waals surface area contributed by atoms with Crippen LogP contribution >= 0.6 is 0 Å². The molecule has 0 amide bonds. The molecule has 0 spiro atoms. The largest absolute Gasteiger partial charge is 0.456 e. The van der Waals surface area contributed by atoms with Crippen molar-refractivity contribution in [3.63, 3.8) is 0 Å². The van der Waals surface area contributed by atoms with Crippen LogP contribution in [0.15, 0.2) is 171 Å². The number of para-hydroxylation sites is 3. The molecule has 48 heavy (non-hydrogen) atoms. The minimum atomic E-state index is 0.599. The van der Waals surface area contributed by atoms with E-state index in [-0.39, 0.29) is 0 Å². The van der Waals surface area contributed by atoms with E-state index >= 15 is 0 Å². The van der Waals surface area contributed by atoms with E-state index in [2.05, 4.69) is 102 Å². The Morgan fingerprint density at radius 2 is 1.10 bits per heavy atom. The summed E-state index contributed by atoms with van der Waals surface area (Å²) in [5, 5.41) is 4.14. The van der Waals surface area contributed by atoms with Crippen molar-refractivity contribution in [1.82, 2.24) is 4.98 Å². The van der Waals surface area contributed by atoms with Gasteiger partial charge in [-0.1, -0.05) is 84.9 Å². The predicted octanol–water partition coefficient (Wildman–Crippen LogP) is 12.4. The average Bonchev–Trinajstić information content (AvgIpc) is 3.86. The van der Waals surface area contributed by atoms with Crippen LogP contribution in [0.25, 0.3) is 77.6 Å². The fraction of sp³-hybridized carbons (Fsp3) is 0. The van der Waals surface area contributed by atoms with E-state index in [0.717, 1.165) is 88.7 Å². The lowest BCUT2D eigenvalue weighted by atomic mass is 10.0. The fourth-order valence-electron chi connectivity index (χ4n) is 6.87. The summed E-state index contributed by atoms with van der Waals surface area (Å²) in [7, 11) is 0. The van der Waals surface area contributed by atoms with E-state index in [1.54, 1.807) is 0 Å². The lowest BCUT2D eigenvalue weighted by molar-refractivity contribution is 0.622. The second kappa shape index (κ2) is 10.5. The molecule has 0 atom stereocenters. The summed E-state index contributed by atoms with van der Waals surface area (Å²) >= 11 is 0. The average molecular weight is 619 g/mol. The molecule has 5 heteroatoms. The highest BCUT2D eigenvalue weighted by molar-refractivity contribution is 6.18. The van der Waals surface area contributed by atoms with Gasteiger partial charge in [0.15, 0.2) is 5.58 Å². The number of fused-ring (bicyclic) bond motifs is 8. The number of hydrogen-bond donors (Lipinski definition) is 0. The maximum absolute atomic E-state index is 6.54. The normalized spacial score (nSPS) is 11.8. The van der Waals surface area contributed by atoms with Gasteiger partial charge in [0.05, 0.1) is 5.39 Å². The molecule has 10 rings (SSSR count). The maximum Gasteiger partial charge on any atom is 0.227 e. The number of oxazole rings is 1. The molecule has 0 saturated carbocycles. The van der Waals surface area contributed by atoms with Crippen molar-refractivity contribution in [2.45, 2.75) is 0 Å². The van der Waals surface area contributed by atoms with Gasteiger partial charge in [0.25, 0.3) is 0 Å². The smallest absolute Gasteiger partial charge is 0.227 e. The zero-order chi connectivity index (χ0) is 31.6. The number of nitrogens with zero attached hydrogens (tertiary/aromatic N) is 2. The van der Waals surface area contributed by atoms with Gasteiger partial charge < -0.3 is 18.2 Å². The molecule has 5 nitrogen and oxygen atoms in total. The zero-order valence-corrected chi connectivity index (χ0v) is 25.6. The van der Waals surface area contributed by atoms with Gasteiger partial charge in [-0.3, -0.25) is 0 Å². The molecule has 7 aromatic carbocycles. The lowest BCUT2D eigenvalue weighted by Crippen LogP contribution is -2.09. The van der Waals surface area contributed by atoms with E-state index in [4.69, 9.17) is 18.2 Å². The third kappa shape index (κ3) is 4.15. The quantitative estimate of drug-likeness (QED) is 0.192. The first-order valence-corrected chi connectivity index (χ1v) is 16.0. The van der Waals surface area contributed by atoms with Crippen LogP contribution in [0.1, 0.15) is 0 Å². The topological polar surface area (TPSA) is 55.6 Å². The van der Waals surface area contributed by atoms with Crippen molar-refractivity contribution in [2.75, 3.05) is 4.90 Å². The molecule has 0 aliphatic rings. The Balaban J connectivity index is 1.08. The van der Waals surface area contributed by atoms with E-state index in [0.29, 0.717) is 5.89 Å². The number of furan rings is 2. The molecule has 0 fully saturated rings. The van der Waals surface area contributed by atoms with Crippen LogP contribution in [0, 0.1) is 0 Å². The second-order valence-electron chi connectivity index (χ2n) is 12.0. The highest BCUT2D eigenvalue weighted by Crippen LogP contribution is 2.42. The first-order chi connectivity index (χ1) is 23.8. The SMILES string of the molecule is c1ccc(-c2nc3ccc4oc5c(-c6ccc(N(c7ccccc7)c7ccc8oc9ccccc9c8c7)cc6)cccc5c4c3o2)cc1. The molecule has 0 unspecified atom stereocenters. The first kappa shape index (κ1) is 26.6. The zero-order valence-electron chi connectivity index (χ0n) is 25.6. The minimum absolute atomic E-state index is 0.599. The molecule has 0 aliphatic carbocycles. The summed E-state index contributed by atoms with van der Waals surface area (Å²) in [6, 6.07) is 53.9. The Labute approximate surface area is 274 Å². The van der Waals surface area contributed by atoms with Crippen LogP contribution in [-0.2, 0) is 0 Å². The van der Waals surface area contributed by atoms with Crippen molar-refractivity contribution in [3.8, 4) is 22.6 Å². The molecule has 0 bridgehead atoms. The summed E-state index contributed by atoms with van der Waals surface area (Å²) in [5.41, 5.74) is 11.1. The van der Waals surface area contributed by atoms with E-state index < -0.39 is 0 Å². The summed E-state index contributed by atoms with van der Waals surface area (Å²) in [4.78, 5) is 7.06. The van der Waals surface area contributed by atoms with Crippen LogP contribution in [0.2, 0.25) is 0 Å². The number of rotatable bonds is 5. The van der Waals surface area contributed by atoms with Gasteiger partial charge in [0.1, 0.15) is 27.8 Å². The van der Waals surface area contributed by atoms with Crippen molar-refractivity contribution in [3.05, 3.63) is 158 Å². The van der Waals surface area contributed by atoms with Gasteiger partial charge in [-0.25, -0.2) is 4.98 Å². The molecular formula is C43H26N2O3. The molecule has 3 aromatic heterocycles. The van der Waals surface area contributed by atoms with Gasteiger partial charge in [0, 0.05) is 44.3 Å². The Bertz CT molecular complexity index is 2770. The molecule has 3 heterocycles. The molecule has 0 saturated heterocycles. The third-order valence-corrected chi connectivity index (χ3v) is 9.11. The highest BCUT2D eigenvalue weighted by Gasteiger charge is 2.20. The summed E-state index contributed by atoms with van der Waals surface area (Å²) in [6.45, 7) is 0. The summed E-state index contributed by atoms with van der Waals surface area (Å²) in [5.74, 6) is 0.599. The van der Waals surface area contributed by atoms with Crippen LogP contribution < -0.4 is 4.90 Å². The van der Waals surface area contributed by atoms with Crippen LogP contribution in [0.5, 0.6) is 0 Å². The van der Waals surface area contributed by atoms with Gasteiger partial charge in [-0.2, -0.15) is 0 Å². The standard InChI is InChI=1S/C43H26N2O3/c1-3-10-28(11-4-1)43-44-36-23-25-39-40(42(36)48-43)34-16-9-15-32(41(34)47-39)27-18-20-30(21-19-27)45(29-12-5-2-6-13-29)31-22-24-38-35(26-31)33-14-7-8-17-37(33)46-38/h1-26H. The van der Waals surface area contributed by atoms with Gasteiger partial charge in [0.2, 0.25) is 5.89 Å². The first-order valence-electron chi connectivity index (χ1n) is 16.0. The fourth-order valence-corrected chi connectivity index (χ4v) is 6.87. The van der Waals surface area contributed by atoms with Crippen molar-refractivity contribution in [1.29, 1.82) is 0 Å². The van der Waals surface area contributed by atoms with Crippen LogP contribution in [-0.4, -0.2) is 4.98 Å². The Hall–Kier alpha value is -6.59. The van der Waals surface area contributed by atoms with Crippen molar-refractivity contribution >= 4 is 72.0 Å². The predicted molar refractivity (Wildman–Crippen MR) is 194 cm³/mol. The maximum atomic E-state index is 6.54. The van der Waals surface area contributed by atoms with E-state index in [9.17, 15) is 0 Å². The highest BCUT2D eigenvalue weighted by atomic mass is 16.4. The summed E-state index contributed by atoms with van der Waals surface area (Å²) in [6.07, 6.45) is 0. The van der Waals surface area contributed by atoms with Crippen molar-refractivity contribution in [2.24, 2.45) is 0 Å². The monoisotopic (exact) mass is 618 g/mol. The van der Waals surface area contributed by atoms with Crippen LogP contribution in [0.4, 0.5) is 17.1 Å². The number of benzene rings is 7. The Morgan fingerprint density at radius 3 is 1.96 bits per heavy atom. The van der Waals surface area contributed by atoms with Gasteiger partial charge in [-0.05, 0) is 78.4 Å². The Morgan fingerprint density at radius 1 is 0.417 bits per heavy atom. The molecule has 10 aromatic rings. The second-order valence-corrected chi connectivity index (χ2v) is 12.0. The molecular weight excluding hydrogens is 592 g/mol. The number of aromatic nitrogens is 1. The van der Waals surface area contributed by atoms with Crippen LogP contribution in [0.3, 0.4) is 0 Å². The molecule has 0 radical (unpaired) electrons. The Kier molecular flexibility index (Phi) is 5.81. The van der Waals surface area contributed by atoms with E-state index in [1.807, 2.05) is 60.7 Å². The van der Waals surface area contributed by atoms with Crippen molar-refractivity contribution < 1.29 is 13.3 Å². The lowest BCUT2D eigenvalue weighted by Gasteiger charge is -2.25. The number of hydrogen-bond acceptors (Lipinski definition) is 5. The molecule has 226 valence electrons.